The minimum absolute atomic E-state index is 0.0273. The van der Waals surface area contributed by atoms with Gasteiger partial charge in [0.2, 0.25) is 6.10 Å². The number of nitrogens with two attached hydrogens (primary N) is 1. The molecule has 2 aromatic carbocycles. The highest BCUT2D eigenvalue weighted by atomic mass is 19.4. The molecule has 1 heterocycles. The Hall–Kier alpha value is -3.03. The molecule has 184 valence electrons. The first kappa shape index (κ1) is 25.6. The molecule has 1 amide bonds. The number of ether oxygens (including phenoxy) is 1. The third-order valence-corrected chi connectivity index (χ3v) is 5.59. The third kappa shape index (κ3) is 5.54. The summed E-state index contributed by atoms with van der Waals surface area (Å²) in [6.07, 6.45) is -2.68. The van der Waals surface area contributed by atoms with Gasteiger partial charge in [-0.15, -0.1) is 0 Å². The minimum atomic E-state index is -4.64. The first-order valence-electron chi connectivity index (χ1n) is 11.6. The van der Waals surface area contributed by atoms with Crippen LogP contribution < -0.4 is 10.5 Å². The zero-order valence-corrected chi connectivity index (χ0v) is 20.0. The van der Waals surface area contributed by atoms with E-state index in [4.69, 9.17) is 15.0 Å². The summed E-state index contributed by atoms with van der Waals surface area (Å²) in [5, 5.41) is 3.21. The lowest BCUT2D eigenvalue weighted by Gasteiger charge is -2.22. The van der Waals surface area contributed by atoms with Crippen molar-refractivity contribution in [1.29, 1.82) is 0 Å². The van der Waals surface area contributed by atoms with E-state index in [-0.39, 0.29) is 11.0 Å². The number of rotatable bonds is 10. The molecule has 0 aliphatic rings. The van der Waals surface area contributed by atoms with Crippen LogP contribution >= 0.6 is 0 Å². The number of benzene rings is 2. The largest absolute Gasteiger partial charge is 0.475 e. The molecule has 1 atom stereocenters. The van der Waals surface area contributed by atoms with Crippen molar-refractivity contribution in [3.63, 3.8) is 0 Å². The van der Waals surface area contributed by atoms with E-state index in [9.17, 15) is 18.0 Å². The highest BCUT2D eigenvalue weighted by molar-refractivity contribution is 5.87. The Balaban J connectivity index is 2.12. The highest BCUT2D eigenvalue weighted by Crippen LogP contribution is 2.41. The molecule has 0 spiro atoms. The van der Waals surface area contributed by atoms with E-state index in [1.807, 2.05) is 26.0 Å². The van der Waals surface area contributed by atoms with Crippen molar-refractivity contribution in [3.05, 3.63) is 58.3 Å². The first-order valence-corrected chi connectivity index (χ1v) is 11.6. The monoisotopic (exact) mass is 476 g/mol. The average molecular weight is 477 g/mol. The molecule has 2 N–H and O–H groups in total. The Bertz CT molecular complexity index is 1130. The minimum Gasteiger partial charge on any atom is -0.475 e. The Morgan fingerprint density at radius 3 is 2.29 bits per heavy atom. The van der Waals surface area contributed by atoms with E-state index in [1.165, 1.54) is 6.07 Å². The third-order valence-electron chi connectivity index (χ3n) is 5.59. The molecular weight excluding hydrogens is 445 g/mol. The van der Waals surface area contributed by atoms with Gasteiger partial charge in [-0.25, -0.2) is 0 Å². The normalized spacial score (nSPS) is 12.9. The van der Waals surface area contributed by atoms with Gasteiger partial charge in [0.15, 0.2) is 11.3 Å². The summed E-state index contributed by atoms with van der Waals surface area (Å²) in [5.74, 6) is 0.142. The van der Waals surface area contributed by atoms with Crippen LogP contribution in [-0.2, 0) is 30.2 Å². The zero-order valence-electron chi connectivity index (χ0n) is 20.0. The molecule has 0 aliphatic heterocycles. The summed E-state index contributed by atoms with van der Waals surface area (Å²) in [5.41, 5.74) is 7.42. The second-order valence-corrected chi connectivity index (χ2v) is 8.99. The van der Waals surface area contributed by atoms with Crippen LogP contribution in [0.1, 0.15) is 74.6 Å². The molecule has 3 aromatic rings. The number of fused-ring (bicyclic) bond motifs is 1. The summed E-state index contributed by atoms with van der Waals surface area (Å²) in [6, 6.07) is 8.89. The molecule has 0 fully saturated rings. The summed E-state index contributed by atoms with van der Waals surface area (Å²) < 4.78 is 51.9. The molecule has 0 bridgehead atoms. The van der Waals surface area contributed by atoms with Gasteiger partial charge in [0.05, 0.1) is 5.39 Å². The summed E-state index contributed by atoms with van der Waals surface area (Å²) in [6.45, 7) is 8.07. The van der Waals surface area contributed by atoms with Crippen molar-refractivity contribution in [2.24, 2.45) is 11.7 Å². The number of amides is 1. The average Bonchev–Trinajstić information content (AvgIpc) is 3.18. The van der Waals surface area contributed by atoms with Gasteiger partial charge in [0.1, 0.15) is 5.75 Å². The number of primary amides is 1. The quantitative estimate of drug-likeness (QED) is 0.360. The van der Waals surface area contributed by atoms with E-state index in [0.717, 1.165) is 12.0 Å². The summed E-state index contributed by atoms with van der Waals surface area (Å²) in [4.78, 5) is 12.4. The van der Waals surface area contributed by atoms with Gasteiger partial charge in [0.25, 0.3) is 5.91 Å². The van der Waals surface area contributed by atoms with Gasteiger partial charge >= 0.3 is 6.18 Å². The van der Waals surface area contributed by atoms with Crippen LogP contribution in [0.2, 0.25) is 0 Å². The SMILES string of the molecule is CCCc1cc2c(C(F)(F)F)noc2c(CCC)c1OC(C(N)=O)c1ccc(CC(C)C)cc1. The van der Waals surface area contributed by atoms with E-state index in [0.29, 0.717) is 54.0 Å². The molecule has 1 aromatic heterocycles. The maximum Gasteiger partial charge on any atom is 0.437 e. The fraction of sp³-hybridized carbons (Fsp3) is 0.462. The smallest absolute Gasteiger partial charge is 0.437 e. The number of alkyl halides is 3. The van der Waals surface area contributed by atoms with Crippen molar-refractivity contribution in [2.45, 2.75) is 72.1 Å². The Kier molecular flexibility index (Phi) is 7.89. The van der Waals surface area contributed by atoms with E-state index in [1.54, 1.807) is 12.1 Å². The molecule has 0 radical (unpaired) electrons. The topological polar surface area (TPSA) is 78.3 Å². The van der Waals surface area contributed by atoms with Gasteiger partial charge in [0, 0.05) is 11.1 Å². The zero-order chi connectivity index (χ0) is 25.0. The van der Waals surface area contributed by atoms with E-state index in [2.05, 4.69) is 19.0 Å². The van der Waals surface area contributed by atoms with Crippen molar-refractivity contribution < 1.29 is 27.2 Å². The standard InChI is InChI=1S/C26H31F3N2O3/c1-5-7-18-14-20-23(34-31-24(20)26(27,28)29)19(8-6-2)21(18)33-22(25(30)32)17-11-9-16(10-12-17)13-15(3)4/h9-12,14-15,22H,5-8,13H2,1-4H3,(H2,30,32). The van der Waals surface area contributed by atoms with Crippen LogP contribution in [0.4, 0.5) is 13.2 Å². The fourth-order valence-electron chi connectivity index (χ4n) is 4.18. The number of halogens is 3. The number of nitrogens with zero attached hydrogens (tertiary/aromatic N) is 1. The lowest BCUT2D eigenvalue weighted by Crippen LogP contribution is -2.27. The number of hydrogen-bond donors (Lipinski definition) is 1. The number of aromatic nitrogens is 1. The van der Waals surface area contributed by atoms with Gasteiger partial charge in [-0.05, 0) is 42.4 Å². The van der Waals surface area contributed by atoms with Crippen LogP contribution in [0.15, 0.2) is 34.9 Å². The Labute approximate surface area is 197 Å². The van der Waals surface area contributed by atoms with Gasteiger partial charge in [-0.1, -0.05) is 70.0 Å². The molecule has 3 rings (SSSR count). The second-order valence-electron chi connectivity index (χ2n) is 8.99. The lowest BCUT2D eigenvalue weighted by atomic mass is 9.97. The number of hydrogen-bond acceptors (Lipinski definition) is 4. The molecule has 0 aliphatic carbocycles. The molecule has 0 saturated carbocycles. The highest BCUT2D eigenvalue weighted by Gasteiger charge is 2.38. The predicted octanol–water partition coefficient (Wildman–Crippen LogP) is 6.56. The van der Waals surface area contributed by atoms with Crippen LogP contribution in [0.25, 0.3) is 11.0 Å². The van der Waals surface area contributed by atoms with Gasteiger partial charge in [-0.2, -0.15) is 13.2 Å². The molecular formula is C26H31F3N2O3. The van der Waals surface area contributed by atoms with Crippen LogP contribution in [0.5, 0.6) is 5.75 Å². The Morgan fingerprint density at radius 2 is 1.76 bits per heavy atom. The summed E-state index contributed by atoms with van der Waals surface area (Å²) in [7, 11) is 0. The van der Waals surface area contributed by atoms with Crippen molar-refractivity contribution in [3.8, 4) is 5.75 Å². The van der Waals surface area contributed by atoms with E-state index >= 15 is 0 Å². The first-order chi connectivity index (χ1) is 16.1. The molecule has 34 heavy (non-hydrogen) atoms. The molecule has 8 heteroatoms. The van der Waals surface area contributed by atoms with Gasteiger partial charge < -0.3 is 15.0 Å². The van der Waals surface area contributed by atoms with Crippen LogP contribution in [-0.4, -0.2) is 11.1 Å². The maximum absolute atomic E-state index is 13.5. The van der Waals surface area contributed by atoms with Crippen molar-refractivity contribution in [2.75, 3.05) is 0 Å². The van der Waals surface area contributed by atoms with Crippen molar-refractivity contribution in [1.82, 2.24) is 5.16 Å². The summed E-state index contributed by atoms with van der Waals surface area (Å²) >= 11 is 0. The number of carbonyl (C=O) groups is 1. The van der Waals surface area contributed by atoms with Crippen LogP contribution in [0.3, 0.4) is 0 Å². The number of carbonyl (C=O) groups excluding carboxylic acids is 1. The van der Waals surface area contributed by atoms with Gasteiger partial charge in [-0.3, -0.25) is 4.79 Å². The molecule has 5 nitrogen and oxygen atoms in total. The van der Waals surface area contributed by atoms with Crippen LogP contribution in [0, 0.1) is 5.92 Å². The Morgan fingerprint density at radius 1 is 1.12 bits per heavy atom. The second kappa shape index (κ2) is 10.5. The maximum atomic E-state index is 13.5. The van der Waals surface area contributed by atoms with E-state index < -0.39 is 23.9 Å². The van der Waals surface area contributed by atoms with Crippen molar-refractivity contribution >= 4 is 16.9 Å². The lowest BCUT2D eigenvalue weighted by molar-refractivity contribution is -0.141. The molecule has 0 saturated heterocycles. The number of aryl methyl sites for hydroxylation is 2. The predicted molar refractivity (Wildman–Crippen MR) is 125 cm³/mol. The fourth-order valence-corrected chi connectivity index (χ4v) is 4.18. The molecule has 1 unspecified atom stereocenters.